The zero-order valence-electron chi connectivity index (χ0n) is 3.63. The third-order valence-electron chi connectivity index (χ3n) is 0.136. The summed E-state index contributed by atoms with van der Waals surface area (Å²) in [5.74, 6) is 0. The summed E-state index contributed by atoms with van der Waals surface area (Å²) in [6.45, 7) is 0. The van der Waals surface area contributed by atoms with Crippen LogP contribution in [0.5, 0.6) is 0 Å². The Bertz CT molecular complexity index is 46.1. The van der Waals surface area contributed by atoms with Crippen molar-refractivity contribution in [2.75, 3.05) is 7.11 Å². The second kappa shape index (κ2) is 6.88. The Labute approximate surface area is 83.2 Å². The van der Waals surface area contributed by atoms with E-state index in [1.54, 1.807) is 0 Å². The Morgan fingerprint density at radius 1 is 1.83 bits per heavy atom. The summed E-state index contributed by atoms with van der Waals surface area (Å²) in [6.07, 6.45) is 0. The largest absolute Gasteiger partial charge is 1.00 e. The van der Waals surface area contributed by atoms with E-state index in [9.17, 15) is 8.02 Å². The maximum absolute atomic E-state index is 9.24. The third-order valence-corrected chi connectivity index (χ3v) is 0.707. The normalized spacial score (nSPS) is 12.3. The SMILES string of the molecule is CO[Se](=O)[O-].[K+]. The minimum atomic E-state index is -3.05. The van der Waals surface area contributed by atoms with Gasteiger partial charge in [0.2, 0.25) is 0 Å². The van der Waals surface area contributed by atoms with Crippen LogP contribution in [0.4, 0.5) is 0 Å². The molecule has 1 atom stereocenters. The zero-order chi connectivity index (χ0) is 4.28. The van der Waals surface area contributed by atoms with Crippen molar-refractivity contribution in [3.63, 3.8) is 0 Å². The average Bonchev–Trinajstić information content (AvgIpc) is 1.38. The molecule has 0 rings (SSSR count). The molecular formula is CH3KO3Se. The smallest absolute Gasteiger partial charge is 1.00 e. The van der Waals surface area contributed by atoms with Crippen LogP contribution in [0.1, 0.15) is 0 Å². The van der Waals surface area contributed by atoms with E-state index in [0.29, 0.717) is 0 Å². The minimum absolute atomic E-state index is 0. The molecule has 0 bridgehead atoms. The molecule has 1 unspecified atom stereocenters. The molecule has 0 aliphatic rings. The molecule has 0 amide bonds. The average molecular weight is 181 g/mol. The summed E-state index contributed by atoms with van der Waals surface area (Å²) in [5, 5.41) is 0. The van der Waals surface area contributed by atoms with Crippen LogP contribution < -0.4 is 55.6 Å². The Kier molecular flexibility index (Phi) is 12.4. The van der Waals surface area contributed by atoms with Gasteiger partial charge in [-0.15, -0.1) is 0 Å². The molecule has 5 heteroatoms. The molecule has 6 heavy (non-hydrogen) atoms. The fourth-order valence-electron chi connectivity index (χ4n) is 0. The first-order chi connectivity index (χ1) is 2.27. The predicted molar refractivity (Wildman–Crippen MR) is 13.4 cm³/mol. The fraction of sp³-hybridized carbons (Fsp3) is 1.00. The Hall–Kier alpha value is 1.88. The van der Waals surface area contributed by atoms with Crippen LogP contribution in [-0.4, -0.2) is 21.6 Å². The molecule has 0 aromatic carbocycles. The summed E-state index contributed by atoms with van der Waals surface area (Å²) in [4.78, 5) is 0. The first-order valence-corrected chi connectivity index (χ1v) is 3.01. The quantitative estimate of drug-likeness (QED) is 0.382. The summed E-state index contributed by atoms with van der Waals surface area (Å²) in [5.41, 5.74) is 0. The van der Waals surface area contributed by atoms with Crippen LogP contribution in [0.2, 0.25) is 0 Å². The van der Waals surface area contributed by atoms with E-state index in [2.05, 4.69) is 3.82 Å². The van der Waals surface area contributed by atoms with Crippen LogP contribution in [0.25, 0.3) is 0 Å². The van der Waals surface area contributed by atoms with E-state index in [4.69, 9.17) is 0 Å². The van der Waals surface area contributed by atoms with E-state index in [0.717, 1.165) is 7.11 Å². The van der Waals surface area contributed by atoms with Crippen LogP contribution in [0.15, 0.2) is 0 Å². The number of hydrogen-bond donors (Lipinski definition) is 0. The third kappa shape index (κ3) is 9.30. The van der Waals surface area contributed by atoms with E-state index >= 15 is 0 Å². The molecule has 0 saturated heterocycles. The molecule has 0 fully saturated rings. The minimum Gasteiger partial charge on any atom is 1.00 e. The molecule has 32 valence electrons. The van der Waals surface area contributed by atoms with Crippen LogP contribution in [-0.2, 0) is 7.65 Å². The van der Waals surface area contributed by atoms with Crippen molar-refractivity contribution in [3.8, 4) is 0 Å². The van der Waals surface area contributed by atoms with Gasteiger partial charge in [-0.05, 0) is 0 Å². The Morgan fingerprint density at radius 2 is 2.00 bits per heavy atom. The van der Waals surface area contributed by atoms with Crippen molar-refractivity contribution < 1.29 is 63.2 Å². The molecule has 0 heterocycles. The molecule has 0 aromatic rings. The van der Waals surface area contributed by atoms with Crippen LogP contribution in [0.3, 0.4) is 0 Å². The van der Waals surface area contributed by atoms with Gasteiger partial charge in [0.25, 0.3) is 0 Å². The zero-order valence-corrected chi connectivity index (χ0v) is 8.47. The van der Waals surface area contributed by atoms with Gasteiger partial charge in [-0.2, -0.15) is 0 Å². The van der Waals surface area contributed by atoms with E-state index < -0.39 is 14.5 Å². The monoisotopic (exact) mass is 182 g/mol. The second-order valence-electron chi connectivity index (χ2n) is 0.371. The number of hydrogen-bond acceptors (Lipinski definition) is 3. The summed E-state index contributed by atoms with van der Waals surface area (Å²) in [6, 6.07) is 0. The van der Waals surface area contributed by atoms with Crippen molar-refractivity contribution in [2.45, 2.75) is 0 Å². The van der Waals surface area contributed by atoms with Crippen molar-refractivity contribution in [3.05, 3.63) is 0 Å². The van der Waals surface area contributed by atoms with E-state index in [1.807, 2.05) is 0 Å². The molecule has 3 nitrogen and oxygen atoms in total. The molecule has 0 aliphatic carbocycles. The van der Waals surface area contributed by atoms with Gasteiger partial charge in [0.05, 0.1) is 0 Å². The molecule has 0 radical (unpaired) electrons. The van der Waals surface area contributed by atoms with Gasteiger partial charge in [-0.3, -0.25) is 0 Å². The first kappa shape index (κ1) is 10.8. The molecule has 0 aliphatic heterocycles. The molecular weight excluding hydrogens is 178 g/mol. The predicted octanol–water partition coefficient (Wildman–Crippen LogP) is -4.59. The summed E-state index contributed by atoms with van der Waals surface area (Å²) in [7, 11) is 1.13. The maximum atomic E-state index is 9.24. The fourth-order valence-corrected chi connectivity index (χ4v) is 0. The van der Waals surface area contributed by atoms with Crippen molar-refractivity contribution in [1.29, 1.82) is 0 Å². The summed E-state index contributed by atoms with van der Waals surface area (Å²) >= 11 is -3.05. The number of rotatable bonds is 1. The van der Waals surface area contributed by atoms with Crippen molar-refractivity contribution in [2.24, 2.45) is 0 Å². The first-order valence-electron chi connectivity index (χ1n) is 0.908. The molecule has 0 spiro atoms. The van der Waals surface area contributed by atoms with Gasteiger partial charge in [-0.1, -0.05) is 0 Å². The van der Waals surface area contributed by atoms with Crippen molar-refractivity contribution >= 4 is 14.5 Å². The van der Waals surface area contributed by atoms with E-state index in [-0.39, 0.29) is 51.4 Å². The van der Waals surface area contributed by atoms with Crippen molar-refractivity contribution in [1.82, 2.24) is 0 Å². The maximum Gasteiger partial charge on any atom is 1.00 e. The van der Waals surface area contributed by atoms with Gasteiger partial charge in [0.1, 0.15) is 0 Å². The Morgan fingerprint density at radius 3 is 2.00 bits per heavy atom. The Balaban J connectivity index is 0. The van der Waals surface area contributed by atoms with Gasteiger partial charge in [0.15, 0.2) is 0 Å². The van der Waals surface area contributed by atoms with Gasteiger partial charge in [-0.25, -0.2) is 0 Å². The van der Waals surface area contributed by atoms with E-state index in [1.165, 1.54) is 0 Å². The van der Waals surface area contributed by atoms with Gasteiger partial charge in [0, 0.05) is 0 Å². The molecule has 0 saturated carbocycles. The van der Waals surface area contributed by atoms with Gasteiger partial charge < -0.3 is 0 Å². The molecule has 0 N–H and O–H groups in total. The summed E-state index contributed by atoms with van der Waals surface area (Å²) < 4.78 is 22.2. The topological polar surface area (TPSA) is 49.4 Å². The van der Waals surface area contributed by atoms with Gasteiger partial charge >= 0.3 is 84.8 Å². The second-order valence-corrected chi connectivity index (χ2v) is 1.93. The standard InChI is InChI=1S/CH4O3Se.K/c1-4-5(2)3;/h1H3,(H,2,3);/q;+1/p-1. The van der Waals surface area contributed by atoms with Crippen LogP contribution in [0, 0.1) is 0 Å². The molecule has 0 aromatic heterocycles. The van der Waals surface area contributed by atoms with Crippen LogP contribution >= 0.6 is 0 Å².